The molecule has 0 aliphatic carbocycles. The van der Waals surface area contributed by atoms with E-state index in [9.17, 15) is 4.79 Å². The molecule has 0 spiro atoms. The van der Waals surface area contributed by atoms with Crippen LogP contribution in [0.1, 0.15) is 23.7 Å². The van der Waals surface area contributed by atoms with Gasteiger partial charge in [0.25, 0.3) is 5.56 Å². The molecule has 0 amide bonds. The normalized spacial score (nSPS) is 12.5. The van der Waals surface area contributed by atoms with Crippen molar-refractivity contribution in [3.05, 3.63) is 51.7 Å². The van der Waals surface area contributed by atoms with E-state index in [2.05, 4.69) is 19.9 Å². The second kappa shape index (κ2) is 6.58. The molecule has 0 bridgehead atoms. The van der Waals surface area contributed by atoms with Gasteiger partial charge in [-0.3, -0.25) is 4.79 Å². The first kappa shape index (κ1) is 16.8. The highest BCUT2D eigenvalue weighted by Gasteiger charge is 2.18. The second-order valence-corrected chi connectivity index (χ2v) is 7.90. The molecule has 0 radical (unpaired) electrons. The maximum atomic E-state index is 12.7. The van der Waals surface area contributed by atoms with Crippen molar-refractivity contribution in [2.24, 2.45) is 0 Å². The van der Waals surface area contributed by atoms with E-state index < -0.39 is 0 Å². The van der Waals surface area contributed by atoms with Crippen LogP contribution in [-0.4, -0.2) is 19.9 Å². The van der Waals surface area contributed by atoms with Gasteiger partial charge < -0.3 is 15.1 Å². The number of hydrogen-bond acceptors (Lipinski definition) is 8. The Bertz CT molecular complexity index is 1110. The number of nitrogens with zero attached hydrogens (tertiary/aromatic N) is 3. The average molecular weight is 385 g/mol. The first-order valence-corrected chi connectivity index (χ1v) is 9.60. The van der Waals surface area contributed by atoms with Crippen LogP contribution in [-0.2, 0) is 0 Å². The van der Waals surface area contributed by atoms with Crippen LogP contribution in [0.4, 0.5) is 5.82 Å². The zero-order chi connectivity index (χ0) is 18.3. The van der Waals surface area contributed by atoms with Gasteiger partial charge in [0.2, 0.25) is 0 Å². The molecule has 0 aliphatic heterocycles. The van der Waals surface area contributed by atoms with Crippen molar-refractivity contribution < 1.29 is 4.42 Å². The lowest BCUT2D eigenvalue weighted by atomic mass is 10.2. The summed E-state index contributed by atoms with van der Waals surface area (Å²) in [5.41, 5.74) is 7.14. The fourth-order valence-electron chi connectivity index (χ4n) is 2.60. The number of nitrogen functional groups attached to an aromatic ring is 1. The maximum Gasteiger partial charge on any atom is 0.260 e. The number of anilines is 1. The van der Waals surface area contributed by atoms with Gasteiger partial charge in [0.15, 0.2) is 5.16 Å². The molecule has 0 aliphatic rings. The predicted octanol–water partition coefficient (Wildman–Crippen LogP) is 3.78. The van der Waals surface area contributed by atoms with E-state index in [1.165, 1.54) is 23.1 Å². The van der Waals surface area contributed by atoms with Crippen molar-refractivity contribution >= 4 is 39.1 Å². The Morgan fingerprint density at radius 1 is 1.35 bits per heavy atom. The van der Waals surface area contributed by atoms with Gasteiger partial charge >= 0.3 is 0 Å². The summed E-state index contributed by atoms with van der Waals surface area (Å²) in [6.45, 7) is 3.80. The molecule has 4 aromatic rings. The van der Waals surface area contributed by atoms with Crippen LogP contribution in [0, 0.1) is 6.92 Å². The summed E-state index contributed by atoms with van der Waals surface area (Å²) in [4.78, 5) is 29.4. The summed E-state index contributed by atoms with van der Waals surface area (Å²) in [6.07, 6.45) is 1.58. The molecule has 4 rings (SSSR count). The Kier molecular flexibility index (Phi) is 4.25. The van der Waals surface area contributed by atoms with Crippen LogP contribution in [0.15, 0.2) is 44.2 Å². The van der Waals surface area contributed by atoms with Crippen molar-refractivity contribution in [3.63, 3.8) is 0 Å². The SMILES string of the molecule is Cc1cc(N)nc(SC(C)c2nc3scc(-c4ccco4)c3c(=O)[nH]2)n1. The highest BCUT2D eigenvalue weighted by atomic mass is 32.2. The van der Waals surface area contributed by atoms with Gasteiger partial charge in [-0.2, -0.15) is 0 Å². The summed E-state index contributed by atoms with van der Waals surface area (Å²) >= 11 is 2.82. The van der Waals surface area contributed by atoms with Gasteiger partial charge in [-0.1, -0.05) is 11.8 Å². The Morgan fingerprint density at radius 2 is 2.19 bits per heavy atom. The molecule has 1 unspecified atom stereocenters. The third-order valence-electron chi connectivity index (χ3n) is 3.77. The quantitative estimate of drug-likeness (QED) is 0.406. The number of fused-ring (bicyclic) bond motifs is 1. The van der Waals surface area contributed by atoms with E-state index in [0.29, 0.717) is 32.8 Å². The lowest BCUT2D eigenvalue weighted by Crippen LogP contribution is -2.12. The molecule has 9 heteroatoms. The van der Waals surface area contributed by atoms with E-state index in [4.69, 9.17) is 10.2 Å². The Hall–Kier alpha value is -2.65. The average Bonchev–Trinajstić information content (AvgIpc) is 3.22. The van der Waals surface area contributed by atoms with E-state index in [1.807, 2.05) is 25.3 Å². The van der Waals surface area contributed by atoms with Crippen LogP contribution in [0.3, 0.4) is 0 Å². The number of aryl methyl sites for hydroxylation is 1. The summed E-state index contributed by atoms with van der Waals surface area (Å²) in [5, 5.41) is 2.85. The zero-order valence-electron chi connectivity index (χ0n) is 14.0. The second-order valence-electron chi connectivity index (χ2n) is 5.73. The van der Waals surface area contributed by atoms with E-state index >= 15 is 0 Å². The molecule has 3 N–H and O–H groups in total. The monoisotopic (exact) mass is 385 g/mol. The van der Waals surface area contributed by atoms with E-state index in [0.717, 1.165) is 11.3 Å². The number of H-pyrrole nitrogens is 1. The van der Waals surface area contributed by atoms with E-state index in [-0.39, 0.29) is 10.8 Å². The van der Waals surface area contributed by atoms with Crippen molar-refractivity contribution in [2.45, 2.75) is 24.3 Å². The highest BCUT2D eigenvalue weighted by molar-refractivity contribution is 7.99. The van der Waals surface area contributed by atoms with Gasteiger partial charge in [0.05, 0.1) is 16.9 Å². The summed E-state index contributed by atoms with van der Waals surface area (Å²) in [7, 11) is 0. The number of hydrogen-bond donors (Lipinski definition) is 2. The molecule has 0 saturated carbocycles. The number of furan rings is 1. The number of aromatic amines is 1. The minimum absolute atomic E-state index is 0.137. The molecule has 26 heavy (non-hydrogen) atoms. The van der Waals surface area contributed by atoms with Gasteiger partial charge in [-0.15, -0.1) is 11.3 Å². The first-order chi connectivity index (χ1) is 12.5. The van der Waals surface area contributed by atoms with Crippen molar-refractivity contribution in [1.82, 2.24) is 19.9 Å². The van der Waals surface area contributed by atoms with Crippen LogP contribution in [0.5, 0.6) is 0 Å². The fraction of sp³-hybridized carbons (Fsp3) is 0.176. The highest BCUT2D eigenvalue weighted by Crippen LogP contribution is 2.34. The summed E-state index contributed by atoms with van der Waals surface area (Å²) in [6, 6.07) is 5.33. The Balaban J connectivity index is 1.70. The van der Waals surface area contributed by atoms with Gasteiger partial charge in [-0.25, -0.2) is 15.0 Å². The number of thioether (sulfide) groups is 1. The van der Waals surface area contributed by atoms with Crippen LogP contribution in [0.25, 0.3) is 21.5 Å². The zero-order valence-corrected chi connectivity index (χ0v) is 15.6. The van der Waals surface area contributed by atoms with Gasteiger partial charge in [-0.05, 0) is 26.0 Å². The largest absolute Gasteiger partial charge is 0.464 e. The molecule has 4 heterocycles. The Labute approximate surface area is 156 Å². The van der Waals surface area contributed by atoms with Crippen molar-refractivity contribution in [3.8, 4) is 11.3 Å². The third kappa shape index (κ3) is 3.11. The van der Waals surface area contributed by atoms with Gasteiger partial charge in [0, 0.05) is 22.7 Å². The molecule has 4 aromatic heterocycles. The van der Waals surface area contributed by atoms with Crippen LogP contribution in [0.2, 0.25) is 0 Å². The summed E-state index contributed by atoms with van der Waals surface area (Å²) < 4.78 is 5.41. The smallest absolute Gasteiger partial charge is 0.260 e. The fourth-order valence-corrected chi connectivity index (χ4v) is 4.43. The predicted molar refractivity (Wildman–Crippen MR) is 103 cm³/mol. The molecule has 1 atom stereocenters. The van der Waals surface area contributed by atoms with Crippen molar-refractivity contribution in [2.75, 3.05) is 5.73 Å². The van der Waals surface area contributed by atoms with Crippen LogP contribution < -0.4 is 11.3 Å². The third-order valence-corrected chi connectivity index (χ3v) is 5.61. The number of thiophene rings is 1. The minimum atomic E-state index is -0.185. The molecular formula is C17H15N5O2S2. The standard InChI is InChI=1S/C17H15N5O2S2/c1-8-6-12(18)20-17(19-8)26-9(2)14-21-15(23)13-10(7-25-16(13)22-14)11-4-3-5-24-11/h3-7,9H,1-2H3,(H2,18,19,20)(H,21,22,23). The molecular weight excluding hydrogens is 370 g/mol. The number of nitrogens with two attached hydrogens (primary N) is 1. The van der Waals surface area contributed by atoms with E-state index in [1.54, 1.807) is 18.4 Å². The summed E-state index contributed by atoms with van der Waals surface area (Å²) in [5.74, 6) is 1.65. The maximum absolute atomic E-state index is 12.7. The minimum Gasteiger partial charge on any atom is -0.464 e. The topological polar surface area (TPSA) is 111 Å². The molecule has 0 aromatic carbocycles. The van der Waals surface area contributed by atoms with Gasteiger partial charge in [0.1, 0.15) is 22.2 Å². The molecule has 0 fully saturated rings. The van der Waals surface area contributed by atoms with Crippen molar-refractivity contribution in [1.29, 1.82) is 0 Å². The Morgan fingerprint density at radius 3 is 2.92 bits per heavy atom. The molecule has 0 saturated heterocycles. The molecule has 7 nitrogen and oxygen atoms in total. The molecule has 132 valence electrons. The van der Waals surface area contributed by atoms with Crippen LogP contribution >= 0.6 is 23.1 Å². The lowest BCUT2D eigenvalue weighted by Gasteiger charge is -2.10. The first-order valence-electron chi connectivity index (χ1n) is 7.84. The lowest BCUT2D eigenvalue weighted by molar-refractivity contribution is 0.583. The number of rotatable bonds is 4. The number of aromatic nitrogens is 4. The number of nitrogens with one attached hydrogen (secondary N) is 1.